The van der Waals surface area contributed by atoms with Gasteiger partial charge < -0.3 is 4.57 Å². The van der Waals surface area contributed by atoms with Crippen molar-refractivity contribution < 1.29 is 1.37 Å². The molecule has 1 heteroatoms. The molecule has 1 heterocycles. The van der Waals surface area contributed by atoms with Crippen LogP contribution in [0.4, 0.5) is 0 Å². The van der Waals surface area contributed by atoms with Gasteiger partial charge in [-0.1, -0.05) is 31.0 Å². The molecule has 2 aliphatic carbocycles. The maximum atomic E-state index is 8.53. The summed E-state index contributed by atoms with van der Waals surface area (Å²) in [6.45, 7) is 0. The van der Waals surface area contributed by atoms with E-state index in [4.69, 9.17) is 1.37 Å². The molecule has 1 aromatic carbocycles. The van der Waals surface area contributed by atoms with Crippen molar-refractivity contribution in [3.8, 4) is 0 Å². The lowest BCUT2D eigenvalue weighted by Gasteiger charge is -2.28. The second kappa shape index (κ2) is 3.88. The summed E-state index contributed by atoms with van der Waals surface area (Å²) in [4.78, 5) is 0. The third-order valence-electron chi connectivity index (χ3n) is 5.16. The molecule has 0 amide bonds. The van der Waals surface area contributed by atoms with Gasteiger partial charge in [0.2, 0.25) is 0 Å². The minimum Gasteiger partial charge on any atom is -0.347 e. The van der Waals surface area contributed by atoms with Crippen molar-refractivity contribution in [2.75, 3.05) is 0 Å². The Labute approximate surface area is 110 Å². The van der Waals surface area contributed by atoms with E-state index in [0.29, 0.717) is 5.92 Å². The average molecular weight is 240 g/mol. The topological polar surface area (TPSA) is 4.93 Å². The second-order valence-corrected chi connectivity index (χ2v) is 6.30. The molecular formula is C17H21N. The molecule has 0 spiro atoms. The second-order valence-electron chi connectivity index (χ2n) is 6.30. The molecule has 2 saturated carbocycles. The van der Waals surface area contributed by atoms with Gasteiger partial charge in [-0.3, -0.25) is 0 Å². The highest BCUT2D eigenvalue weighted by Crippen LogP contribution is 2.48. The predicted molar refractivity (Wildman–Crippen MR) is 75.7 cm³/mol. The fourth-order valence-electron chi connectivity index (χ4n) is 4.33. The third-order valence-corrected chi connectivity index (χ3v) is 5.16. The molecule has 3 atom stereocenters. The fraction of sp³-hybridized carbons (Fsp3) is 0.529. The molecule has 1 unspecified atom stereocenters. The quantitative estimate of drug-likeness (QED) is 0.693. The molecule has 94 valence electrons. The van der Waals surface area contributed by atoms with E-state index in [9.17, 15) is 0 Å². The summed E-state index contributed by atoms with van der Waals surface area (Å²) in [6, 6.07) is 9.15. The first kappa shape index (κ1) is 9.66. The Morgan fingerprint density at radius 1 is 1.11 bits per heavy atom. The van der Waals surface area contributed by atoms with Gasteiger partial charge in [-0.15, -0.1) is 0 Å². The first-order valence-corrected chi connectivity index (χ1v) is 7.28. The number of fused-ring (bicyclic) bond motifs is 3. The van der Waals surface area contributed by atoms with E-state index in [1.54, 1.807) is 0 Å². The Balaban J connectivity index is 1.82. The Morgan fingerprint density at radius 2 is 1.83 bits per heavy atom. The average Bonchev–Trinajstić information content (AvgIpc) is 2.89. The lowest BCUT2D eigenvalue weighted by Crippen LogP contribution is -2.16. The standard InChI is InChI=1S/C17H21N/c1-18-16-5-3-2-4-14(16)11-17(18)15-9-12-6-7-13(8-12)10-15/h2-5,11-13,15H,6-10H2,1H3/t12-,13+,15?/i11D. The summed E-state index contributed by atoms with van der Waals surface area (Å²) in [5, 5.41) is 1.12. The van der Waals surface area contributed by atoms with Gasteiger partial charge in [-0.25, -0.2) is 0 Å². The van der Waals surface area contributed by atoms with Crippen LogP contribution in [0.5, 0.6) is 0 Å². The lowest BCUT2D eigenvalue weighted by molar-refractivity contribution is 0.313. The van der Waals surface area contributed by atoms with E-state index < -0.39 is 0 Å². The van der Waals surface area contributed by atoms with Crippen molar-refractivity contribution >= 4 is 10.9 Å². The van der Waals surface area contributed by atoms with E-state index in [0.717, 1.165) is 23.3 Å². The molecule has 18 heavy (non-hydrogen) atoms. The number of hydrogen-bond acceptors (Lipinski definition) is 0. The van der Waals surface area contributed by atoms with Crippen LogP contribution in [0.15, 0.2) is 30.3 Å². The third kappa shape index (κ3) is 1.53. The van der Waals surface area contributed by atoms with Crippen molar-refractivity contribution in [3.63, 3.8) is 0 Å². The zero-order chi connectivity index (χ0) is 13.0. The summed E-state index contributed by atoms with van der Waals surface area (Å²) in [6.07, 6.45) is 6.93. The molecule has 4 rings (SSSR count). The van der Waals surface area contributed by atoms with Crippen LogP contribution in [0.2, 0.25) is 0 Å². The minimum atomic E-state index is 0.621. The maximum Gasteiger partial charge on any atom is 0.0648 e. The zero-order valence-corrected chi connectivity index (χ0v) is 11.0. The number of hydrogen-bond donors (Lipinski definition) is 0. The lowest BCUT2D eigenvalue weighted by atomic mass is 9.79. The molecule has 2 bridgehead atoms. The summed E-state index contributed by atoms with van der Waals surface area (Å²) in [5.41, 5.74) is 2.51. The molecule has 0 radical (unpaired) electrons. The largest absolute Gasteiger partial charge is 0.347 e. The normalized spacial score (nSPS) is 31.8. The molecule has 1 aromatic heterocycles. The van der Waals surface area contributed by atoms with Crippen LogP contribution in [0, 0.1) is 11.8 Å². The van der Waals surface area contributed by atoms with Crippen molar-refractivity contribution in [1.29, 1.82) is 0 Å². The highest BCUT2D eigenvalue weighted by atomic mass is 14.9. The van der Waals surface area contributed by atoms with Crippen LogP contribution in [0.25, 0.3) is 10.9 Å². The van der Waals surface area contributed by atoms with Gasteiger partial charge in [0.25, 0.3) is 0 Å². The molecule has 2 fully saturated rings. The van der Waals surface area contributed by atoms with E-state index in [1.165, 1.54) is 43.3 Å². The van der Waals surface area contributed by atoms with Crippen molar-refractivity contribution in [2.45, 2.75) is 38.0 Å². The molecule has 0 N–H and O–H groups in total. The van der Waals surface area contributed by atoms with Gasteiger partial charge in [0.05, 0.1) is 1.37 Å². The maximum absolute atomic E-state index is 8.53. The van der Waals surface area contributed by atoms with Crippen LogP contribution >= 0.6 is 0 Å². The predicted octanol–water partition coefficient (Wildman–Crippen LogP) is 4.47. The number of benzene rings is 1. The van der Waals surface area contributed by atoms with Crippen LogP contribution in [0.1, 0.15) is 45.1 Å². The van der Waals surface area contributed by atoms with Crippen LogP contribution in [-0.4, -0.2) is 4.57 Å². The molecule has 0 aliphatic heterocycles. The Hall–Kier alpha value is -1.24. The Bertz CT molecular complexity index is 576. The van der Waals surface area contributed by atoms with Gasteiger partial charge in [0.15, 0.2) is 0 Å². The summed E-state index contributed by atoms with van der Waals surface area (Å²) in [7, 11) is 2.15. The number of aromatic nitrogens is 1. The summed E-state index contributed by atoms with van der Waals surface area (Å²) >= 11 is 0. The molecule has 2 aliphatic rings. The Morgan fingerprint density at radius 3 is 2.56 bits per heavy atom. The number of para-hydroxylation sites is 1. The number of aryl methyl sites for hydroxylation is 1. The smallest absolute Gasteiger partial charge is 0.0648 e. The van der Waals surface area contributed by atoms with Gasteiger partial charge in [-0.05, 0) is 54.5 Å². The molecule has 0 saturated heterocycles. The fourth-order valence-corrected chi connectivity index (χ4v) is 4.33. The monoisotopic (exact) mass is 240 g/mol. The van der Waals surface area contributed by atoms with Gasteiger partial charge in [-0.2, -0.15) is 0 Å². The van der Waals surface area contributed by atoms with Crippen molar-refractivity contribution in [3.05, 3.63) is 36.0 Å². The summed E-state index contributed by atoms with van der Waals surface area (Å²) in [5.74, 6) is 2.48. The van der Waals surface area contributed by atoms with E-state index >= 15 is 0 Å². The minimum absolute atomic E-state index is 0.621. The number of rotatable bonds is 1. The SMILES string of the molecule is [2H]c1c(C2C[C@H]3CC[C@@H](C2)C3)n(C)c2ccccc12. The highest BCUT2D eigenvalue weighted by Gasteiger charge is 2.35. The highest BCUT2D eigenvalue weighted by molar-refractivity contribution is 5.81. The van der Waals surface area contributed by atoms with Crippen molar-refractivity contribution in [1.82, 2.24) is 4.57 Å². The first-order chi connectivity index (χ1) is 9.24. The first-order valence-electron chi connectivity index (χ1n) is 7.78. The van der Waals surface area contributed by atoms with Crippen LogP contribution in [-0.2, 0) is 7.05 Å². The Kier molecular flexibility index (Phi) is 2.08. The number of nitrogens with zero attached hydrogens (tertiary/aromatic N) is 1. The van der Waals surface area contributed by atoms with Gasteiger partial charge in [0, 0.05) is 18.3 Å². The molecule has 2 aromatic rings. The molecule has 1 nitrogen and oxygen atoms in total. The van der Waals surface area contributed by atoms with E-state index in [1.807, 2.05) is 0 Å². The summed E-state index contributed by atoms with van der Waals surface area (Å²) < 4.78 is 10.8. The zero-order valence-electron chi connectivity index (χ0n) is 12.0. The van der Waals surface area contributed by atoms with E-state index in [-0.39, 0.29) is 0 Å². The van der Waals surface area contributed by atoms with Gasteiger partial charge in [0.1, 0.15) is 0 Å². The van der Waals surface area contributed by atoms with Gasteiger partial charge >= 0.3 is 0 Å². The van der Waals surface area contributed by atoms with Crippen molar-refractivity contribution in [2.24, 2.45) is 18.9 Å². The van der Waals surface area contributed by atoms with Crippen LogP contribution < -0.4 is 0 Å². The molecular weight excluding hydrogens is 218 g/mol. The van der Waals surface area contributed by atoms with E-state index in [2.05, 4.69) is 35.9 Å². The van der Waals surface area contributed by atoms with Crippen LogP contribution in [0.3, 0.4) is 0 Å².